The quantitative estimate of drug-likeness (QED) is 0.348. The molecule has 11 heteroatoms. The number of aromatic carboxylic acids is 1. The molecule has 0 saturated heterocycles. The summed E-state index contributed by atoms with van der Waals surface area (Å²) in [6, 6.07) is 13.1. The van der Waals surface area contributed by atoms with Crippen molar-refractivity contribution in [3.05, 3.63) is 65.6 Å². The number of aryl methyl sites for hydroxylation is 1. The van der Waals surface area contributed by atoms with E-state index in [1.165, 1.54) is 23.9 Å². The molecule has 9 nitrogen and oxygen atoms in total. The molecule has 0 saturated carbocycles. The standard InChI is InChI=1S/C23H25N3O6S2/c1-3-4-9-19-24-21(33-2)20(22(27)28)26(19)14-15-10-12-16(13-11-15)17-7-5-6-8-18(17)34(31,32)25-23(29)30/h5-8,10-13,25H,3-4,9,14H2,1-2H3,(H,27,28)(H,29,30). The van der Waals surface area contributed by atoms with Gasteiger partial charge in [0, 0.05) is 18.5 Å². The van der Waals surface area contributed by atoms with Gasteiger partial charge in [-0.15, -0.1) is 11.8 Å². The lowest BCUT2D eigenvalue weighted by molar-refractivity contribution is 0.0681. The Hall–Kier alpha value is -3.31. The number of hydrogen-bond acceptors (Lipinski definition) is 6. The fourth-order valence-corrected chi connectivity index (χ4v) is 5.26. The van der Waals surface area contributed by atoms with Crippen LogP contribution in [0.1, 0.15) is 41.6 Å². The van der Waals surface area contributed by atoms with Crippen LogP contribution in [0.25, 0.3) is 11.1 Å². The molecule has 0 fully saturated rings. The summed E-state index contributed by atoms with van der Waals surface area (Å²) in [5, 5.41) is 19.1. The van der Waals surface area contributed by atoms with Gasteiger partial charge in [0.25, 0.3) is 10.0 Å². The molecule has 1 amide bonds. The maximum atomic E-state index is 12.4. The van der Waals surface area contributed by atoms with Crippen molar-refractivity contribution in [3.63, 3.8) is 0 Å². The van der Waals surface area contributed by atoms with Gasteiger partial charge in [-0.05, 0) is 29.9 Å². The van der Waals surface area contributed by atoms with Gasteiger partial charge in [-0.25, -0.2) is 27.7 Å². The van der Waals surface area contributed by atoms with E-state index in [-0.39, 0.29) is 10.6 Å². The molecule has 0 aliphatic carbocycles. The number of sulfonamides is 1. The molecule has 3 N–H and O–H groups in total. The zero-order chi connectivity index (χ0) is 24.9. The van der Waals surface area contributed by atoms with Crippen LogP contribution in [0.2, 0.25) is 0 Å². The molecular formula is C23H25N3O6S2. The van der Waals surface area contributed by atoms with Gasteiger partial charge in [0.05, 0.1) is 4.90 Å². The van der Waals surface area contributed by atoms with Crippen LogP contribution in [0.15, 0.2) is 58.5 Å². The van der Waals surface area contributed by atoms with E-state index >= 15 is 0 Å². The Bertz CT molecular complexity index is 1300. The van der Waals surface area contributed by atoms with Crippen LogP contribution in [-0.4, -0.2) is 46.5 Å². The van der Waals surface area contributed by atoms with E-state index in [1.807, 2.05) is 0 Å². The second-order valence-electron chi connectivity index (χ2n) is 7.48. The third-order valence-electron chi connectivity index (χ3n) is 5.17. The number of imidazole rings is 1. The molecule has 0 aliphatic heterocycles. The van der Waals surface area contributed by atoms with Crippen molar-refractivity contribution in [2.45, 2.75) is 42.7 Å². The van der Waals surface area contributed by atoms with Crippen LogP contribution in [0.4, 0.5) is 4.79 Å². The summed E-state index contributed by atoms with van der Waals surface area (Å²) in [6.07, 6.45) is 2.64. The highest BCUT2D eigenvalue weighted by atomic mass is 32.2. The first-order valence-corrected chi connectivity index (χ1v) is 13.2. The summed E-state index contributed by atoms with van der Waals surface area (Å²) >= 11 is 1.29. The Kier molecular flexibility index (Phi) is 8.00. The van der Waals surface area contributed by atoms with E-state index in [1.54, 1.807) is 51.9 Å². The lowest BCUT2D eigenvalue weighted by Gasteiger charge is -2.13. The van der Waals surface area contributed by atoms with Crippen molar-refractivity contribution >= 4 is 33.8 Å². The van der Waals surface area contributed by atoms with Gasteiger partial charge >= 0.3 is 12.1 Å². The largest absolute Gasteiger partial charge is 0.476 e. The molecule has 180 valence electrons. The average molecular weight is 504 g/mol. The maximum absolute atomic E-state index is 12.4. The van der Waals surface area contributed by atoms with Crippen molar-refractivity contribution in [1.82, 2.24) is 14.3 Å². The number of aromatic nitrogens is 2. The minimum Gasteiger partial charge on any atom is -0.476 e. The van der Waals surface area contributed by atoms with E-state index in [2.05, 4.69) is 11.9 Å². The fraction of sp³-hybridized carbons (Fsp3) is 0.261. The predicted octanol–water partition coefficient (Wildman–Crippen LogP) is 4.32. The Balaban J connectivity index is 1.97. The van der Waals surface area contributed by atoms with Gasteiger partial charge in [-0.2, -0.15) is 0 Å². The summed E-state index contributed by atoms with van der Waals surface area (Å²) in [4.78, 5) is 27.2. The highest BCUT2D eigenvalue weighted by molar-refractivity contribution is 7.98. The second-order valence-corrected chi connectivity index (χ2v) is 9.93. The number of nitrogens with zero attached hydrogens (tertiary/aromatic N) is 2. The van der Waals surface area contributed by atoms with Gasteiger partial charge in [-0.1, -0.05) is 55.8 Å². The minimum atomic E-state index is -4.26. The number of carbonyl (C=O) groups is 2. The highest BCUT2D eigenvalue weighted by Crippen LogP contribution is 2.28. The van der Waals surface area contributed by atoms with Gasteiger partial charge < -0.3 is 14.8 Å². The highest BCUT2D eigenvalue weighted by Gasteiger charge is 2.23. The zero-order valence-corrected chi connectivity index (χ0v) is 20.3. The summed E-state index contributed by atoms with van der Waals surface area (Å²) in [5.41, 5.74) is 1.90. The van der Waals surface area contributed by atoms with Crippen molar-refractivity contribution in [1.29, 1.82) is 0 Å². The smallest absolute Gasteiger partial charge is 0.418 e. The van der Waals surface area contributed by atoms with Crippen molar-refractivity contribution in [2.75, 3.05) is 6.26 Å². The predicted molar refractivity (Wildman–Crippen MR) is 129 cm³/mol. The van der Waals surface area contributed by atoms with E-state index in [9.17, 15) is 23.1 Å². The first-order chi connectivity index (χ1) is 16.2. The molecule has 0 aliphatic rings. The summed E-state index contributed by atoms with van der Waals surface area (Å²) in [6.45, 7) is 2.36. The van der Waals surface area contributed by atoms with Crippen LogP contribution in [-0.2, 0) is 23.0 Å². The molecule has 0 unspecified atom stereocenters. The molecule has 0 bridgehead atoms. The molecule has 3 rings (SSSR count). The fourth-order valence-electron chi connectivity index (χ4n) is 3.60. The normalized spacial score (nSPS) is 11.4. The van der Waals surface area contributed by atoms with Crippen molar-refractivity contribution < 1.29 is 28.2 Å². The number of carboxylic acid groups (broad SMARTS) is 2. The molecule has 2 aromatic carbocycles. The summed E-state index contributed by atoms with van der Waals surface area (Å²) < 4.78 is 28.2. The van der Waals surface area contributed by atoms with Crippen LogP contribution in [0.5, 0.6) is 0 Å². The molecule has 0 radical (unpaired) electrons. The average Bonchev–Trinajstić information content (AvgIpc) is 3.14. The number of nitrogens with one attached hydrogen (secondary N) is 1. The minimum absolute atomic E-state index is 0.152. The Morgan fingerprint density at radius 1 is 1.09 bits per heavy atom. The molecule has 1 heterocycles. The molecule has 0 atom stereocenters. The molecule has 3 aromatic rings. The molecule has 0 spiro atoms. The van der Waals surface area contributed by atoms with Crippen LogP contribution < -0.4 is 4.72 Å². The van der Waals surface area contributed by atoms with Crippen molar-refractivity contribution in [3.8, 4) is 11.1 Å². The zero-order valence-electron chi connectivity index (χ0n) is 18.7. The summed E-state index contributed by atoms with van der Waals surface area (Å²) in [5.74, 6) is -0.329. The number of amides is 1. The lowest BCUT2D eigenvalue weighted by Crippen LogP contribution is -2.29. The topological polar surface area (TPSA) is 139 Å². The first kappa shape index (κ1) is 25.3. The molecule has 34 heavy (non-hydrogen) atoms. The van der Waals surface area contributed by atoms with Gasteiger partial charge in [0.15, 0.2) is 5.69 Å². The van der Waals surface area contributed by atoms with E-state index in [4.69, 9.17) is 5.11 Å². The first-order valence-electron chi connectivity index (χ1n) is 10.5. The molecule has 1 aromatic heterocycles. The van der Waals surface area contributed by atoms with Crippen molar-refractivity contribution in [2.24, 2.45) is 0 Å². The number of hydrogen-bond donors (Lipinski definition) is 3. The number of rotatable bonds is 10. The third kappa shape index (κ3) is 5.60. The number of benzene rings is 2. The molecular weight excluding hydrogens is 478 g/mol. The van der Waals surface area contributed by atoms with E-state index < -0.39 is 22.1 Å². The SMILES string of the molecule is CCCCc1nc(SC)c(C(=O)O)n1Cc1ccc(-c2ccccc2S(=O)(=O)NC(=O)O)cc1. The van der Waals surface area contributed by atoms with Gasteiger partial charge in [-0.3, -0.25) is 0 Å². The Morgan fingerprint density at radius 2 is 1.76 bits per heavy atom. The number of carboxylic acids is 1. The van der Waals surface area contributed by atoms with Crippen LogP contribution in [0.3, 0.4) is 0 Å². The maximum Gasteiger partial charge on any atom is 0.418 e. The van der Waals surface area contributed by atoms with E-state index in [0.29, 0.717) is 34.9 Å². The number of thioether (sulfide) groups is 1. The monoisotopic (exact) mass is 503 g/mol. The second kappa shape index (κ2) is 10.7. The Labute approximate surface area is 201 Å². The Morgan fingerprint density at radius 3 is 2.35 bits per heavy atom. The van der Waals surface area contributed by atoms with Gasteiger partial charge in [0.2, 0.25) is 0 Å². The van der Waals surface area contributed by atoms with Gasteiger partial charge in [0.1, 0.15) is 10.9 Å². The van der Waals surface area contributed by atoms with Crippen LogP contribution in [0, 0.1) is 0 Å². The third-order valence-corrected chi connectivity index (χ3v) is 7.22. The lowest BCUT2D eigenvalue weighted by atomic mass is 10.0. The summed E-state index contributed by atoms with van der Waals surface area (Å²) in [7, 11) is -4.26. The number of unbranched alkanes of at least 4 members (excludes halogenated alkanes) is 1. The van der Waals surface area contributed by atoms with E-state index in [0.717, 1.165) is 18.4 Å². The van der Waals surface area contributed by atoms with Crippen LogP contribution >= 0.6 is 11.8 Å².